The molecule has 1 N–H and O–H groups in total. The molecule has 1 aromatic carbocycles. The Morgan fingerprint density at radius 2 is 1.81 bits per heavy atom. The summed E-state index contributed by atoms with van der Waals surface area (Å²) < 4.78 is 27.0. The number of nitrogens with zero attached hydrogens (tertiary/aromatic N) is 1. The van der Waals surface area contributed by atoms with Gasteiger partial charge in [-0.3, -0.25) is 0 Å². The molecule has 0 aliphatic rings. The van der Waals surface area contributed by atoms with Gasteiger partial charge in [-0.2, -0.15) is 4.31 Å². The Morgan fingerprint density at radius 1 is 1.24 bits per heavy atom. The maximum Gasteiger partial charge on any atom is 0.243 e. The normalized spacial score (nSPS) is 12.6. The number of nitrogens with one attached hydrogen (secondary N) is 1. The Labute approximate surface area is 128 Å². The van der Waals surface area contributed by atoms with Crippen LogP contribution in [0.5, 0.6) is 0 Å². The first-order valence-corrected chi connectivity index (χ1v) is 8.54. The van der Waals surface area contributed by atoms with E-state index in [1.807, 2.05) is 40.0 Å². The first kappa shape index (κ1) is 17.9. The van der Waals surface area contributed by atoms with Gasteiger partial charge in [0.1, 0.15) is 0 Å². The van der Waals surface area contributed by atoms with Crippen molar-refractivity contribution in [3.63, 3.8) is 0 Å². The standard InChI is InChI=1S/C16H26N2O2S/c1-6-13-18(16(2,3)4)21(19,20)15-9-7-14(8-10-15)11-12-17-5/h6-10,17H,1,11-13H2,2-5H3. The van der Waals surface area contributed by atoms with E-state index in [9.17, 15) is 8.42 Å². The average molecular weight is 310 g/mol. The summed E-state index contributed by atoms with van der Waals surface area (Å²) in [4.78, 5) is 0.326. The molecule has 0 aromatic heterocycles. The predicted molar refractivity (Wildman–Crippen MR) is 87.9 cm³/mol. The highest BCUT2D eigenvalue weighted by atomic mass is 32.2. The van der Waals surface area contributed by atoms with Crippen molar-refractivity contribution in [3.8, 4) is 0 Å². The Balaban J connectivity index is 3.08. The molecule has 0 fully saturated rings. The number of likely N-dealkylation sites (N-methyl/N-ethyl adjacent to an activating group) is 1. The first-order valence-electron chi connectivity index (χ1n) is 7.10. The van der Waals surface area contributed by atoms with Gasteiger partial charge in [-0.1, -0.05) is 18.2 Å². The molecule has 4 nitrogen and oxygen atoms in total. The molecule has 5 heteroatoms. The van der Waals surface area contributed by atoms with Crippen LogP contribution in [0.3, 0.4) is 0 Å². The second-order valence-electron chi connectivity index (χ2n) is 5.99. The Hall–Kier alpha value is -1.17. The zero-order valence-electron chi connectivity index (χ0n) is 13.4. The topological polar surface area (TPSA) is 49.4 Å². The lowest BCUT2D eigenvalue weighted by molar-refractivity contribution is 0.270. The van der Waals surface area contributed by atoms with Crippen LogP contribution < -0.4 is 5.32 Å². The van der Waals surface area contributed by atoms with Crippen LogP contribution in [0.1, 0.15) is 26.3 Å². The molecule has 1 aromatic rings. The Kier molecular flexibility index (Phi) is 6.13. The number of hydrogen-bond acceptors (Lipinski definition) is 3. The monoisotopic (exact) mass is 310 g/mol. The van der Waals surface area contributed by atoms with Gasteiger partial charge in [-0.25, -0.2) is 8.42 Å². The van der Waals surface area contributed by atoms with E-state index in [-0.39, 0.29) is 0 Å². The van der Waals surface area contributed by atoms with E-state index in [1.54, 1.807) is 18.2 Å². The fraction of sp³-hybridized carbons (Fsp3) is 0.500. The lowest BCUT2D eigenvalue weighted by Crippen LogP contribution is -2.45. The van der Waals surface area contributed by atoms with Crippen molar-refractivity contribution in [2.24, 2.45) is 0 Å². The summed E-state index contributed by atoms with van der Waals surface area (Å²) in [5.74, 6) is 0. The molecular weight excluding hydrogens is 284 g/mol. The van der Waals surface area contributed by atoms with E-state index in [0.29, 0.717) is 11.4 Å². The summed E-state index contributed by atoms with van der Waals surface area (Å²) in [6.45, 7) is 10.5. The SMILES string of the molecule is C=CCN(C(C)(C)C)S(=O)(=O)c1ccc(CCNC)cc1. The van der Waals surface area contributed by atoms with Crippen molar-refractivity contribution in [2.75, 3.05) is 20.1 Å². The van der Waals surface area contributed by atoms with E-state index in [1.165, 1.54) is 4.31 Å². The minimum Gasteiger partial charge on any atom is -0.319 e. The molecule has 0 aliphatic carbocycles. The molecule has 0 saturated carbocycles. The van der Waals surface area contributed by atoms with Gasteiger partial charge in [0, 0.05) is 12.1 Å². The summed E-state index contributed by atoms with van der Waals surface area (Å²) in [5, 5.41) is 3.08. The third-order valence-corrected chi connectivity index (χ3v) is 5.36. The van der Waals surface area contributed by atoms with Gasteiger partial charge in [-0.05, 0) is 58.5 Å². The lowest BCUT2D eigenvalue weighted by Gasteiger charge is -2.33. The quantitative estimate of drug-likeness (QED) is 0.787. The zero-order valence-corrected chi connectivity index (χ0v) is 14.2. The molecule has 1 rings (SSSR count). The van der Waals surface area contributed by atoms with Crippen molar-refractivity contribution in [3.05, 3.63) is 42.5 Å². The van der Waals surface area contributed by atoms with Crippen LogP contribution in [0.15, 0.2) is 41.8 Å². The average Bonchev–Trinajstić information content (AvgIpc) is 2.41. The van der Waals surface area contributed by atoms with Crippen molar-refractivity contribution in [2.45, 2.75) is 37.6 Å². The molecule has 0 bridgehead atoms. The number of rotatable bonds is 7. The van der Waals surface area contributed by atoms with Crippen molar-refractivity contribution < 1.29 is 8.42 Å². The summed E-state index contributed by atoms with van der Waals surface area (Å²) in [5.41, 5.74) is 0.631. The minimum atomic E-state index is -3.51. The van der Waals surface area contributed by atoms with Gasteiger partial charge < -0.3 is 5.32 Å². The zero-order chi connectivity index (χ0) is 16.1. The highest BCUT2D eigenvalue weighted by molar-refractivity contribution is 7.89. The van der Waals surface area contributed by atoms with E-state index < -0.39 is 15.6 Å². The largest absolute Gasteiger partial charge is 0.319 e. The van der Waals surface area contributed by atoms with Gasteiger partial charge in [0.25, 0.3) is 0 Å². The van der Waals surface area contributed by atoms with Crippen LogP contribution in [-0.4, -0.2) is 38.4 Å². The molecule has 21 heavy (non-hydrogen) atoms. The van der Waals surface area contributed by atoms with Crippen LogP contribution in [0.2, 0.25) is 0 Å². The van der Waals surface area contributed by atoms with Crippen molar-refractivity contribution in [1.29, 1.82) is 0 Å². The fourth-order valence-electron chi connectivity index (χ4n) is 2.07. The molecule has 0 heterocycles. The highest BCUT2D eigenvalue weighted by Gasteiger charge is 2.32. The van der Waals surface area contributed by atoms with E-state index in [2.05, 4.69) is 11.9 Å². The van der Waals surface area contributed by atoms with Crippen LogP contribution in [0, 0.1) is 0 Å². The predicted octanol–water partition coefficient (Wildman–Crippen LogP) is 2.42. The first-order chi connectivity index (χ1) is 9.73. The summed E-state index contributed by atoms with van der Waals surface area (Å²) in [7, 11) is -1.61. The molecule has 0 saturated heterocycles. The Morgan fingerprint density at radius 3 is 2.24 bits per heavy atom. The number of benzene rings is 1. The lowest BCUT2D eigenvalue weighted by atomic mass is 10.1. The van der Waals surface area contributed by atoms with Crippen LogP contribution >= 0.6 is 0 Å². The second kappa shape index (κ2) is 7.20. The molecule has 0 unspecified atom stereocenters. The van der Waals surface area contributed by atoms with Gasteiger partial charge in [0.05, 0.1) is 4.90 Å². The van der Waals surface area contributed by atoms with Crippen LogP contribution in [-0.2, 0) is 16.4 Å². The number of hydrogen-bond donors (Lipinski definition) is 1. The van der Waals surface area contributed by atoms with Crippen molar-refractivity contribution in [1.82, 2.24) is 9.62 Å². The third-order valence-electron chi connectivity index (χ3n) is 3.22. The summed E-state index contributed by atoms with van der Waals surface area (Å²) in [6.07, 6.45) is 2.50. The summed E-state index contributed by atoms with van der Waals surface area (Å²) in [6, 6.07) is 7.11. The molecule has 0 aliphatic heterocycles. The minimum absolute atomic E-state index is 0.299. The second-order valence-corrected chi connectivity index (χ2v) is 7.86. The van der Waals surface area contributed by atoms with E-state index >= 15 is 0 Å². The highest BCUT2D eigenvalue weighted by Crippen LogP contribution is 2.24. The molecule has 118 valence electrons. The Bertz CT molecular complexity index is 557. The third kappa shape index (κ3) is 4.66. The van der Waals surface area contributed by atoms with E-state index in [4.69, 9.17) is 0 Å². The van der Waals surface area contributed by atoms with Gasteiger partial charge in [-0.15, -0.1) is 6.58 Å². The smallest absolute Gasteiger partial charge is 0.243 e. The van der Waals surface area contributed by atoms with Gasteiger partial charge >= 0.3 is 0 Å². The molecule has 0 radical (unpaired) electrons. The molecule has 0 amide bonds. The molecule has 0 atom stereocenters. The summed E-state index contributed by atoms with van der Waals surface area (Å²) >= 11 is 0. The maximum absolute atomic E-state index is 12.8. The van der Waals surface area contributed by atoms with Crippen LogP contribution in [0.25, 0.3) is 0 Å². The van der Waals surface area contributed by atoms with Gasteiger partial charge in [0.2, 0.25) is 10.0 Å². The molecular formula is C16H26N2O2S. The van der Waals surface area contributed by atoms with E-state index in [0.717, 1.165) is 18.5 Å². The number of sulfonamides is 1. The van der Waals surface area contributed by atoms with Gasteiger partial charge in [0.15, 0.2) is 0 Å². The maximum atomic E-state index is 12.8. The molecule has 0 spiro atoms. The van der Waals surface area contributed by atoms with Crippen LogP contribution in [0.4, 0.5) is 0 Å². The van der Waals surface area contributed by atoms with Crippen molar-refractivity contribution >= 4 is 10.0 Å². The fourth-order valence-corrected chi connectivity index (χ4v) is 3.83.